The molecule has 2 atom stereocenters. The van der Waals surface area contributed by atoms with Crippen LogP contribution in [0.15, 0.2) is 0 Å². The molecule has 3 N–H and O–H groups in total. The molecule has 1 rings (SSSR count). The predicted molar refractivity (Wildman–Crippen MR) is 49.9 cm³/mol. The van der Waals surface area contributed by atoms with Gasteiger partial charge in [-0.2, -0.15) is 0 Å². The fourth-order valence-corrected chi connectivity index (χ4v) is 1.92. The molecule has 0 amide bonds. The number of β-amino-alcohol motifs (C(OH)–C–C–N with tert-alkyl or cyclic N) is 1. The molecule has 1 aliphatic rings. The Kier molecular flexibility index (Phi) is 3.09. The van der Waals surface area contributed by atoms with Crippen molar-refractivity contribution in [3.63, 3.8) is 0 Å². The van der Waals surface area contributed by atoms with Gasteiger partial charge < -0.3 is 15.7 Å². The van der Waals surface area contributed by atoms with Gasteiger partial charge in [0.1, 0.15) is 0 Å². The summed E-state index contributed by atoms with van der Waals surface area (Å²) in [4.78, 5) is 2.29. The average molecular weight is 172 g/mol. The maximum Gasteiger partial charge on any atom is 0.0558 e. The molecular formula is C9H20N2O. The van der Waals surface area contributed by atoms with Gasteiger partial charge in [-0.25, -0.2) is 0 Å². The van der Waals surface area contributed by atoms with E-state index in [1.54, 1.807) is 0 Å². The maximum atomic E-state index is 8.78. The van der Waals surface area contributed by atoms with E-state index in [2.05, 4.69) is 18.7 Å². The van der Waals surface area contributed by atoms with Crippen molar-refractivity contribution in [1.82, 2.24) is 4.90 Å². The van der Waals surface area contributed by atoms with Gasteiger partial charge in [0.25, 0.3) is 0 Å². The van der Waals surface area contributed by atoms with Crippen molar-refractivity contribution in [2.45, 2.75) is 13.8 Å². The second-order valence-electron chi connectivity index (χ2n) is 4.22. The zero-order chi connectivity index (χ0) is 9.19. The lowest BCUT2D eigenvalue weighted by Crippen LogP contribution is -2.34. The van der Waals surface area contributed by atoms with Crippen molar-refractivity contribution in [2.75, 3.05) is 32.8 Å². The first-order valence-electron chi connectivity index (χ1n) is 4.65. The van der Waals surface area contributed by atoms with Crippen molar-refractivity contribution >= 4 is 0 Å². The van der Waals surface area contributed by atoms with E-state index in [0.717, 1.165) is 26.2 Å². The van der Waals surface area contributed by atoms with E-state index in [9.17, 15) is 0 Å². The van der Waals surface area contributed by atoms with Gasteiger partial charge in [-0.1, -0.05) is 13.8 Å². The number of aliphatic hydroxyl groups is 1. The van der Waals surface area contributed by atoms with E-state index >= 15 is 0 Å². The second kappa shape index (κ2) is 3.73. The van der Waals surface area contributed by atoms with Crippen molar-refractivity contribution in [3.05, 3.63) is 0 Å². The minimum atomic E-state index is 0.257. The Bertz CT molecular complexity index is 151. The van der Waals surface area contributed by atoms with Gasteiger partial charge in [0, 0.05) is 19.6 Å². The van der Waals surface area contributed by atoms with Gasteiger partial charge in [-0.05, 0) is 17.9 Å². The Morgan fingerprint density at radius 2 is 2.33 bits per heavy atom. The lowest BCUT2D eigenvalue weighted by Gasteiger charge is -2.26. The molecule has 72 valence electrons. The standard InChI is InChI=1S/C9H20N2O/c1-8-5-11(3-4-12)7-9(8,2)6-10/h8,12H,3-7,10H2,1-2H3. The van der Waals surface area contributed by atoms with E-state index in [1.165, 1.54) is 0 Å². The lowest BCUT2D eigenvalue weighted by atomic mass is 9.81. The highest BCUT2D eigenvalue weighted by molar-refractivity contribution is 4.91. The summed E-state index contributed by atoms with van der Waals surface area (Å²) in [6.07, 6.45) is 0. The third-order valence-electron chi connectivity index (χ3n) is 3.19. The first-order chi connectivity index (χ1) is 5.62. The van der Waals surface area contributed by atoms with Gasteiger partial charge in [-0.3, -0.25) is 0 Å². The van der Waals surface area contributed by atoms with Gasteiger partial charge in [-0.15, -0.1) is 0 Å². The number of nitrogens with zero attached hydrogens (tertiary/aromatic N) is 1. The summed E-state index contributed by atoms with van der Waals surface area (Å²) >= 11 is 0. The highest BCUT2D eigenvalue weighted by Gasteiger charge is 2.38. The van der Waals surface area contributed by atoms with Gasteiger partial charge in [0.15, 0.2) is 0 Å². The number of aliphatic hydroxyl groups excluding tert-OH is 1. The molecule has 1 aliphatic heterocycles. The van der Waals surface area contributed by atoms with Crippen molar-refractivity contribution in [1.29, 1.82) is 0 Å². The van der Waals surface area contributed by atoms with Crippen molar-refractivity contribution < 1.29 is 5.11 Å². The van der Waals surface area contributed by atoms with Gasteiger partial charge in [0.05, 0.1) is 6.61 Å². The van der Waals surface area contributed by atoms with Crippen LogP contribution in [0.25, 0.3) is 0 Å². The quantitative estimate of drug-likeness (QED) is 0.625. The fourth-order valence-electron chi connectivity index (χ4n) is 1.92. The van der Waals surface area contributed by atoms with E-state index < -0.39 is 0 Å². The van der Waals surface area contributed by atoms with Crippen LogP contribution in [0.4, 0.5) is 0 Å². The van der Waals surface area contributed by atoms with Crippen LogP contribution in [-0.4, -0.2) is 42.8 Å². The summed E-state index contributed by atoms with van der Waals surface area (Å²) in [5, 5.41) is 8.78. The van der Waals surface area contributed by atoms with Crippen LogP contribution in [-0.2, 0) is 0 Å². The normalized spacial score (nSPS) is 37.5. The molecule has 0 aliphatic carbocycles. The Morgan fingerprint density at radius 1 is 1.67 bits per heavy atom. The molecule has 0 aromatic rings. The molecule has 0 saturated carbocycles. The molecule has 12 heavy (non-hydrogen) atoms. The summed E-state index contributed by atoms with van der Waals surface area (Å²) in [7, 11) is 0. The molecule has 3 heteroatoms. The number of hydrogen-bond acceptors (Lipinski definition) is 3. The minimum Gasteiger partial charge on any atom is -0.395 e. The zero-order valence-corrected chi connectivity index (χ0v) is 8.08. The van der Waals surface area contributed by atoms with E-state index in [1.807, 2.05) is 0 Å². The third kappa shape index (κ3) is 1.79. The van der Waals surface area contributed by atoms with Crippen LogP contribution in [0.1, 0.15) is 13.8 Å². The topological polar surface area (TPSA) is 49.5 Å². The van der Waals surface area contributed by atoms with E-state index in [4.69, 9.17) is 10.8 Å². The maximum absolute atomic E-state index is 8.78. The van der Waals surface area contributed by atoms with Crippen LogP contribution >= 0.6 is 0 Å². The highest BCUT2D eigenvalue weighted by atomic mass is 16.3. The molecular weight excluding hydrogens is 152 g/mol. The molecule has 0 aromatic carbocycles. The van der Waals surface area contributed by atoms with Crippen LogP contribution in [0.2, 0.25) is 0 Å². The highest BCUT2D eigenvalue weighted by Crippen LogP contribution is 2.33. The fraction of sp³-hybridized carbons (Fsp3) is 1.00. The molecule has 0 bridgehead atoms. The Balaban J connectivity index is 2.49. The van der Waals surface area contributed by atoms with Gasteiger partial charge in [0.2, 0.25) is 0 Å². The molecule has 0 spiro atoms. The number of hydrogen-bond donors (Lipinski definition) is 2. The molecule has 1 saturated heterocycles. The third-order valence-corrected chi connectivity index (χ3v) is 3.19. The summed E-state index contributed by atoms with van der Waals surface area (Å²) in [6, 6.07) is 0. The monoisotopic (exact) mass is 172 g/mol. The number of nitrogens with two attached hydrogens (primary N) is 1. The van der Waals surface area contributed by atoms with E-state index in [0.29, 0.717) is 5.92 Å². The lowest BCUT2D eigenvalue weighted by molar-refractivity contribution is 0.206. The van der Waals surface area contributed by atoms with Crippen LogP contribution in [0, 0.1) is 11.3 Å². The number of rotatable bonds is 3. The van der Waals surface area contributed by atoms with Crippen molar-refractivity contribution in [3.8, 4) is 0 Å². The minimum absolute atomic E-state index is 0.257. The molecule has 1 heterocycles. The zero-order valence-electron chi connectivity index (χ0n) is 8.08. The summed E-state index contributed by atoms with van der Waals surface area (Å²) in [6.45, 7) is 8.38. The molecule has 1 fully saturated rings. The first-order valence-corrected chi connectivity index (χ1v) is 4.65. The van der Waals surface area contributed by atoms with Crippen LogP contribution in [0.5, 0.6) is 0 Å². The Morgan fingerprint density at radius 3 is 2.75 bits per heavy atom. The predicted octanol–water partition coefficient (Wildman–Crippen LogP) is -0.105. The SMILES string of the molecule is CC1CN(CCO)CC1(C)CN. The van der Waals surface area contributed by atoms with E-state index in [-0.39, 0.29) is 12.0 Å². The smallest absolute Gasteiger partial charge is 0.0558 e. The molecule has 2 unspecified atom stereocenters. The molecule has 0 radical (unpaired) electrons. The summed E-state index contributed by atoms with van der Waals surface area (Å²) < 4.78 is 0. The number of likely N-dealkylation sites (tertiary alicyclic amines) is 1. The van der Waals surface area contributed by atoms with Crippen LogP contribution in [0.3, 0.4) is 0 Å². The van der Waals surface area contributed by atoms with Gasteiger partial charge >= 0.3 is 0 Å². The van der Waals surface area contributed by atoms with Crippen LogP contribution < -0.4 is 5.73 Å². The molecule has 0 aromatic heterocycles. The largest absolute Gasteiger partial charge is 0.395 e. The summed E-state index contributed by atoms with van der Waals surface area (Å²) in [5.74, 6) is 0.647. The Labute approximate surface area is 74.5 Å². The van der Waals surface area contributed by atoms with Crippen molar-refractivity contribution in [2.24, 2.45) is 17.1 Å². The average Bonchev–Trinajstić information content (AvgIpc) is 2.30. The molecule has 3 nitrogen and oxygen atoms in total. The second-order valence-corrected chi connectivity index (χ2v) is 4.22. The first kappa shape index (κ1) is 9.96. The summed E-state index contributed by atoms with van der Waals surface area (Å²) in [5.41, 5.74) is 5.99. The Hall–Kier alpha value is -0.120.